The molecule has 1 spiro atoms. The van der Waals surface area contributed by atoms with E-state index in [4.69, 9.17) is 0 Å². The van der Waals surface area contributed by atoms with Gasteiger partial charge in [-0.3, -0.25) is 0 Å². The lowest BCUT2D eigenvalue weighted by Gasteiger charge is -2.33. The third kappa shape index (κ3) is 5.48. The minimum absolute atomic E-state index is 0.126. The van der Waals surface area contributed by atoms with Crippen molar-refractivity contribution in [1.82, 2.24) is 0 Å². The van der Waals surface area contributed by atoms with Crippen LogP contribution in [0.4, 0.5) is 34.1 Å². The lowest BCUT2D eigenvalue weighted by molar-refractivity contribution is 0.660. The van der Waals surface area contributed by atoms with Crippen LogP contribution in [-0.4, -0.2) is 0 Å². The van der Waals surface area contributed by atoms with Crippen molar-refractivity contribution in [1.29, 1.82) is 0 Å². The van der Waals surface area contributed by atoms with Crippen LogP contribution >= 0.6 is 0 Å². The Kier molecular flexibility index (Phi) is 8.51. The lowest BCUT2D eigenvalue weighted by atomic mass is 9.70. The summed E-state index contributed by atoms with van der Waals surface area (Å²) in [6.07, 6.45) is 0. The van der Waals surface area contributed by atoms with Crippen molar-refractivity contribution in [3.05, 3.63) is 276 Å². The van der Waals surface area contributed by atoms with Gasteiger partial charge in [0.1, 0.15) is 0 Å². The van der Waals surface area contributed by atoms with Crippen LogP contribution in [0.25, 0.3) is 44.5 Å². The van der Waals surface area contributed by atoms with Crippen molar-refractivity contribution in [3.8, 4) is 44.5 Å². The number of fused-ring (bicyclic) bond motifs is 13. The largest absolute Gasteiger partial charge is 0.310 e. The van der Waals surface area contributed by atoms with Gasteiger partial charge in [0.05, 0.1) is 11.1 Å². The van der Waals surface area contributed by atoms with Crippen LogP contribution in [0.2, 0.25) is 0 Å². The van der Waals surface area contributed by atoms with Gasteiger partial charge in [-0.15, -0.1) is 0 Å². The topological polar surface area (TPSA) is 6.48 Å². The minimum Gasteiger partial charge on any atom is -0.310 e. The first-order valence-corrected chi connectivity index (χ1v) is 23.1. The first kappa shape index (κ1) is 38.3. The van der Waals surface area contributed by atoms with Gasteiger partial charge >= 0.3 is 0 Å². The van der Waals surface area contributed by atoms with Gasteiger partial charge in [0.2, 0.25) is 0 Å². The summed E-state index contributed by atoms with van der Waals surface area (Å²) in [5.74, 6) is 0. The van der Waals surface area contributed by atoms with E-state index in [2.05, 4.69) is 266 Å². The molecule has 2 nitrogen and oxygen atoms in total. The highest BCUT2D eigenvalue weighted by molar-refractivity contribution is 6.02. The third-order valence-corrected chi connectivity index (χ3v) is 14.6. The van der Waals surface area contributed by atoms with E-state index in [1.54, 1.807) is 0 Å². The molecular formula is C64H46N2. The van der Waals surface area contributed by atoms with Crippen molar-refractivity contribution < 1.29 is 0 Å². The monoisotopic (exact) mass is 842 g/mol. The Morgan fingerprint density at radius 2 is 0.712 bits per heavy atom. The highest BCUT2D eigenvalue weighted by atomic mass is 15.2. The molecular weight excluding hydrogens is 797 g/mol. The molecule has 1 unspecified atom stereocenters. The quantitative estimate of drug-likeness (QED) is 0.158. The highest BCUT2D eigenvalue weighted by Crippen LogP contribution is 2.65. The van der Waals surface area contributed by atoms with E-state index in [0.717, 1.165) is 34.1 Å². The second-order valence-corrected chi connectivity index (χ2v) is 18.4. The second kappa shape index (κ2) is 14.7. The van der Waals surface area contributed by atoms with Gasteiger partial charge < -0.3 is 9.80 Å². The zero-order chi connectivity index (χ0) is 44.0. The molecule has 0 radical (unpaired) electrons. The van der Waals surface area contributed by atoms with Crippen molar-refractivity contribution in [3.63, 3.8) is 0 Å². The minimum atomic E-state index is -0.567. The van der Waals surface area contributed by atoms with E-state index < -0.39 is 5.41 Å². The lowest BCUT2D eigenvalue weighted by Crippen LogP contribution is -2.26. The number of rotatable bonds is 7. The molecule has 66 heavy (non-hydrogen) atoms. The van der Waals surface area contributed by atoms with Gasteiger partial charge in [-0.05, 0) is 139 Å². The van der Waals surface area contributed by atoms with Gasteiger partial charge in [0.25, 0.3) is 0 Å². The number of hydrogen-bond donors (Lipinski definition) is 0. The predicted octanol–water partition coefficient (Wildman–Crippen LogP) is 16.9. The Bertz CT molecular complexity index is 3520. The Balaban J connectivity index is 1.04. The first-order chi connectivity index (χ1) is 32.5. The van der Waals surface area contributed by atoms with Gasteiger partial charge in [0.15, 0.2) is 0 Å². The molecule has 0 saturated heterocycles. The number of hydrogen-bond acceptors (Lipinski definition) is 2. The molecule has 0 heterocycles. The smallest absolute Gasteiger partial charge is 0.0727 e. The molecule has 0 aromatic heterocycles. The van der Waals surface area contributed by atoms with Crippen molar-refractivity contribution in [2.45, 2.75) is 24.7 Å². The molecule has 0 fully saturated rings. The Morgan fingerprint density at radius 3 is 1.39 bits per heavy atom. The van der Waals surface area contributed by atoms with Gasteiger partial charge in [-0.2, -0.15) is 0 Å². The maximum absolute atomic E-state index is 2.51. The van der Waals surface area contributed by atoms with E-state index in [0.29, 0.717) is 0 Å². The van der Waals surface area contributed by atoms with Crippen LogP contribution in [-0.2, 0) is 10.8 Å². The third-order valence-electron chi connectivity index (χ3n) is 14.6. The summed E-state index contributed by atoms with van der Waals surface area (Å²) in [7, 11) is 0. The fourth-order valence-electron chi connectivity index (χ4n) is 11.8. The number of para-hydroxylation sites is 2. The molecule has 3 aliphatic rings. The summed E-state index contributed by atoms with van der Waals surface area (Å²) in [5, 5.41) is 0. The summed E-state index contributed by atoms with van der Waals surface area (Å²) in [6.45, 7) is 4.74. The molecule has 13 rings (SSSR count). The van der Waals surface area contributed by atoms with E-state index in [1.165, 1.54) is 77.9 Å². The molecule has 2 heteroatoms. The first-order valence-electron chi connectivity index (χ1n) is 23.1. The van der Waals surface area contributed by atoms with Crippen molar-refractivity contribution in [2.24, 2.45) is 0 Å². The van der Waals surface area contributed by atoms with Crippen LogP contribution in [0.15, 0.2) is 243 Å². The molecule has 0 aliphatic heterocycles. The molecule has 3 aliphatic carbocycles. The molecule has 10 aromatic rings. The van der Waals surface area contributed by atoms with Crippen LogP contribution < -0.4 is 9.80 Å². The average Bonchev–Trinajstić information content (AvgIpc) is 3.94. The predicted molar refractivity (Wildman–Crippen MR) is 275 cm³/mol. The fraction of sp³-hybridized carbons (Fsp3) is 0.0625. The SMILES string of the molecule is CC1(C)c2ccccc2-c2ccc(N(c3ccccc3)c3ccc4c(c3)C3(c5ccccc5-4)c4ccccc4-c4c(N(c5ccccc5)c5cccc(-c6ccccc6)c5)cccc43)cc21. The highest BCUT2D eigenvalue weighted by Gasteiger charge is 2.52. The van der Waals surface area contributed by atoms with Crippen LogP contribution in [0.3, 0.4) is 0 Å². The van der Waals surface area contributed by atoms with E-state index in [1.807, 2.05) is 0 Å². The fourth-order valence-corrected chi connectivity index (χ4v) is 11.8. The second-order valence-electron chi connectivity index (χ2n) is 18.4. The van der Waals surface area contributed by atoms with E-state index >= 15 is 0 Å². The molecule has 0 amide bonds. The zero-order valence-electron chi connectivity index (χ0n) is 37.0. The standard InChI is InChI=1S/C64H46N2/c1-63(2)55-31-15-12-28-50(55)52-38-36-48(41-59(52)63)65(45-23-8-4-9-24-45)49-37-39-53-51-29-13-16-32-56(51)64(60(53)42-49)57-33-17-14-30-54(57)62-58(64)34-19-35-61(62)66(46-25-10-5-11-26-46)47-27-18-22-44(40-47)43-20-6-3-7-21-43/h3-42H,1-2H3. The maximum atomic E-state index is 2.51. The Hall–Kier alpha value is -8.20. The summed E-state index contributed by atoms with van der Waals surface area (Å²) in [5.41, 5.74) is 24.2. The average molecular weight is 843 g/mol. The summed E-state index contributed by atoms with van der Waals surface area (Å²) in [4.78, 5) is 4.93. The molecule has 312 valence electrons. The summed E-state index contributed by atoms with van der Waals surface area (Å²) < 4.78 is 0. The number of benzene rings is 10. The number of nitrogens with zero attached hydrogens (tertiary/aromatic N) is 2. The van der Waals surface area contributed by atoms with E-state index in [9.17, 15) is 0 Å². The molecule has 0 N–H and O–H groups in total. The normalized spacial score (nSPS) is 15.3. The molecule has 0 bridgehead atoms. The van der Waals surface area contributed by atoms with Crippen molar-refractivity contribution in [2.75, 3.05) is 9.80 Å². The van der Waals surface area contributed by atoms with Crippen LogP contribution in [0, 0.1) is 0 Å². The molecule has 1 atom stereocenters. The van der Waals surface area contributed by atoms with Crippen LogP contribution in [0.1, 0.15) is 47.2 Å². The Labute approximate surface area is 387 Å². The van der Waals surface area contributed by atoms with E-state index in [-0.39, 0.29) is 5.41 Å². The molecule has 10 aromatic carbocycles. The summed E-state index contributed by atoms with van der Waals surface area (Å²) >= 11 is 0. The van der Waals surface area contributed by atoms with Gasteiger partial charge in [-0.1, -0.05) is 190 Å². The van der Waals surface area contributed by atoms with Gasteiger partial charge in [-0.25, -0.2) is 0 Å². The summed E-state index contributed by atoms with van der Waals surface area (Å²) in [6, 6.07) is 90.0. The zero-order valence-corrected chi connectivity index (χ0v) is 37.0. The Morgan fingerprint density at radius 1 is 0.273 bits per heavy atom. The van der Waals surface area contributed by atoms with Crippen LogP contribution in [0.5, 0.6) is 0 Å². The van der Waals surface area contributed by atoms with Crippen molar-refractivity contribution >= 4 is 34.1 Å². The number of anilines is 6. The molecule has 0 saturated carbocycles. The van der Waals surface area contributed by atoms with Gasteiger partial charge in [0, 0.05) is 39.4 Å². The maximum Gasteiger partial charge on any atom is 0.0727 e.